The predicted octanol–water partition coefficient (Wildman–Crippen LogP) is 1.26. The molecule has 0 atom stereocenters. The predicted molar refractivity (Wildman–Crippen MR) is 64.9 cm³/mol. The highest BCUT2D eigenvalue weighted by atomic mass is 32.1. The Bertz CT molecular complexity index is 359. The molecule has 0 radical (unpaired) electrons. The number of benzene rings is 1. The maximum absolute atomic E-state index is 11.5. The second kappa shape index (κ2) is 5.46. The normalized spacial score (nSPS) is 9.67. The number of nitrogens with two attached hydrogens (primary N) is 1. The third-order valence-electron chi connectivity index (χ3n) is 2.05. The van der Waals surface area contributed by atoms with E-state index in [2.05, 4.69) is 24.5 Å². The first-order valence-corrected chi connectivity index (χ1v) is 5.19. The molecule has 1 rings (SSSR count). The molecule has 0 heterocycles. The number of nitrogens with one attached hydrogen (secondary N) is 1. The summed E-state index contributed by atoms with van der Waals surface area (Å²) in [4.78, 5) is 11.8. The molecular formula is C11H14N2OS. The van der Waals surface area contributed by atoms with Crippen LogP contribution in [-0.4, -0.2) is 17.4 Å². The molecule has 0 spiro atoms. The molecule has 15 heavy (non-hydrogen) atoms. The van der Waals surface area contributed by atoms with E-state index in [0.29, 0.717) is 5.56 Å². The first kappa shape index (κ1) is 11.7. The minimum absolute atomic E-state index is 0.148. The van der Waals surface area contributed by atoms with E-state index >= 15 is 0 Å². The lowest BCUT2D eigenvalue weighted by Gasteiger charge is -2.04. The Kier molecular flexibility index (Phi) is 4.24. The summed E-state index contributed by atoms with van der Waals surface area (Å²) in [5.41, 5.74) is 7.12. The van der Waals surface area contributed by atoms with E-state index in [1.165, 1.54) is 5.56 Å². The molecule has 3 nitrogen and oxygen atoms in total. The number of carbonyl (C=O) groups is 1. The molecule has 3 N–H and O–H groups in total. The number of thiocarbonyl (C=S) groups is 1. The summed E-state index contributed by atoms with van der Waals surface area (Å²) in [6, 6.07) is 7.48. The van der Waals surface area contributed by atoms with Gasteiger partial charge in [0, 0.05) is 5.56 Å². The number of rotatable bonds is 4. The second-order valence-corrected chi connectivity index (χ2v) is 3.72. The fourth-order valence-electron chi connectivity index (χ4n) is 1.16. The van der Waals surface area contributed by atoms with Crippen molar-refractivity contribution in [3.8, 4) is 0 Å². The highest BCUT2D eigenvalue weighted by Crippen LogP contribution is 2.04. The van der Waals surface area contributed by atoms with E-state index in [1.54, 1.807) is 12.1 Å². The van der Waals surface area contributed by atoms with Gasteiger partial charge in [0.1, 0.15) is 0 Å². The van der Waals surface area contributed by atoms with E-state index in [0.717, 1.165) is 6.42 Å². The summed E-state index contributed by atoms with van der Waals surface area (Å²) in [5, 5.41) is 2.63. The van der Waals surface area contributed by atoms with Crippen molar-refractivity contribution in [2.45, 2.75) is 13.3 Å². The molecule has 1 aromatic rings. The number of hydrogen-bond donors (Lipinski definition) is 2. The SMILES string of the molecule is CCc1ccc(C(=O)NCC(N)=S)cc1. The van der Waals surface area contributed by atoms with E-state index < -0.39 is 0 Å². The zero-order chi connectivity index (χ0) is 11.3. The smallest absolute Gasteiger partial charge is 0.251 e. The van der Waals surface area contributed by atoms with Crippen molar-refractivity contribution in [3.05, 3.63) is 35.4 Å². The second-order valence-electron chi connectivity index (χ2n) is 3.20. The lowest BCUT2D eigenvalue weighted by Crippen LogP contribution is -2.32. The van der Waals surface area contributed by atoms with Crippen LogP contribution in [-0.2, 0) is 6.42 Å². The zero-order valence-corrected chi connectivity index (χ0v) is 9.43. The molecule has 4 heteroatoms. The zero-order valence-electron chi connectivity index (χ0n) is 8.62. The third kappa shape index (κ3) is 3.67. The van der Waals surface area contributed by atoms with E-state index in [4.69, 9.17) is 5.73 Å². The van der Waals surface area contributed by atoms with Crippen molar-refractivity contribution in [3.63, 3.8) is 0 Å². The van der Waals surface area contributed by atoms with Crippen molar-refractivity contribution in [1.82, 2.24) is 5.32 Å². The molecule has 80 valence electrons. The quantitative estimate of drug-likeness (QED) is 0.754. The molecule has 1 amide bonds. The maximum atomic E-state index is 11.5. The van der Waals surface area contributed by atoms with Crippen molar-refractivity contribution in [1.29, 1.82) is 0 Å². The monoisotopic (exact) mass is 222 g/mol. The van der Waals surface area contributed by atoms with Gasteiger partial charge in [-0.05, 0) is 24.1 Å². The Balaban J connectivity index is 2.62. The number of amides is 1. The highest BCUT2D eigenvalue weighted by Gasteiger charge is 2.04. The minimum Gasteiger partial charge on any atom is -0.392 e. The number of carbonyl (C=O) groups excluding carboxylic acids is 1. The summed E-state index contributed by atoms with van der Waals surface area (Å²) in [6.07, 6.45) is 0.967. The van der Waals surface area contributed by atoms with Crippen molar-refractivity contribution < 1.29 is 4.79 Å². The van der Waals surface area contributed by atoms with Crippen LogP contribution in [0.3, 0.4) is 0 Å². The van der Waals surface area contributed by atoms with Gasteiger partial charge in [-0.3, -0.25) is 4.79 Å². The molecular weight excluding hydrogens is 208 g/mol. The molecule has 0 aliphatic heterocycles. The molecule has 0 aromatic heterocycles. The van der Waals surface area contributed by atoms with Crippen LogP contribution < -0.4 is 11.1 Å². The Labute approximate surface area is 94.7 Å². The average Bonchev–Trinajstić information content (AvgIpc) is 2.26. The first-order valence-electron chi connectivity index (χ1n) is 4.79. The molecule has 0 saturated heterocycles. The molecule has 0 aliphatic rings. The molecule has 0 unspecified atom stereocenters. The van der Waals surface area contributed by atoms with E-state index in [1.807, 2.05) is 12.1 Å². The molecule has 0 fully saturated rings. The van der Waals surface area contributed by atoms with Gasteiger partial charge in [0.15, 0.2) is 0 Å². The van der Waals surface area contributed by atoms with E-state index in [9.17, 15) is 4.79 Å². The summed E-state index contributed by atoms with van der Waals surface area (Å²) in [6.45, 7) is 2.31. The standard InChI is InChI=1S/C11H14N2OS/c1-2-8-3-5-9(6-4-8)11(14)13-7-10(12)15/h3-6H,2,7H2,1H3,(H2,12,15)(H,13,14). The fourth-order valence-corrected chi connectivity index (χ4v) is 1.23. The Morgan fingerprint density at radius 3 is 2.47 bits per heavy atom. The maximum Gasteiger partial charge on any atom is 0.251 e. The molecule has 1 aromatic carbocycles. The number of hydrogen-bond acceptors (Lipinski definition) is 2. The lowest BCUT2D eigenvalue weighted by molar-refractivity contribution is 0.0959. The van der Waals surface area contributed by atoms with Gasteiger partial charge in [-0.25, -0.2) is 0 Å². The van der Waals surface area contributed by atoms with Crippen molar-refractivity contribution in [2.24, 2.45) is 5.73 Å². The van der Waals surface area contributed by atoms with Crippen LogP contribution in [0.1, 0.15) is 22.8 Å². The largest absolute Gasteiger partial charge is 0.392 e. The van der Waals surface area contributed by atoms with Crippen LogP contribution >= 0.6 is 12.2 Å². The lowest BCUT2D eigenvalue weighted by atomic mass is 10.1. The topological polar surface area (TPSA) is 55.1 Å². The van der Waals surface area contributed by atoms with Gasteiger partial charge in [-0.1, -0.05) is 31.3 Å². The van der Waals surface area contributed by atoms with Crippen LogP contribution in [0.15, 0.2) is 24.3 Å². The average molecular weight is 222 g/mol. The van der Waals surface area contributed by atoms with Gasteiger partial charge in [-0.15, -0.1) is 0 Å². The fraction of sp³-hybridized carbons (Fsp3) is 0.273. The van der Waals surface area contributed by atoms with Gasteiger partial charge >= 0.3 is 0 Å². The summed E-state index contributed by atoms with van der Waals surface area (Å²) >= 11 is 4.67. The number of aryl methyl sites for hydroxylation is 1. The van der Waals surface area contributed by atoms with Crippen LogP contribution in [0.25, 0.3) is 0 Å². The van der Waals surface area contributed by atoms with Crippen molar-refractivity contribution in [2.75, 3.05) is 6.54 Å². The van der Waals surface area contributed by atoms with Gasteiger partial charge in [0.05, 0.1) is 11.5 Å². The summed E-state index contributed by atoms with van der Waals surface area (Å²) in [5.74, 6) is -0.148. The molecule has 0 bridgehead atoms. The van der Waals surface area contributed by atoms with Gasteiger partial charge in [-0.2, -0.15) is 0 Å². The Morgan fingerprint density at radius 2 is 2.00 bits per heavy atom. The Hall–Kier alpha value is -1.42. The van der Waals surface area contributed by atoms with E-state index in [-0.39, 0.29) is 17.4 Å². The van der Waals surface area contributed by atoms with Crippen molar-refractivity contribution >= 4 is 23.1 Å². The Morgan fingerprint density at radius 1 is 1.40 bits per heavy atom. The third-order valence-corrected chi connectivity index (χ3v) is 2.19. The van der Waals surface area contributed by atoms with Crippen LogP contribution in [0.4, 0.5) is 0 Å². The van der Waals surface area contributed by atoms with Crippen LogP contribution in [0, 0.1) is 0 Å². The highest BCUT2D eigenvalue weighted by molar-refractivity contribution is 7.80. The van der Waals surface area contributed by atoms with Gasteiger partial charge in [0.25, 0.3) is 5.91 Å². The minimum atomic E-state index is -0.148. The first-order chi connectivity index (χ1) is 7.13. The summed E-state index contributed by atoms with van der Waals surface area (Å²) < 4.78 is 0. The van der Waals surface area contributed by atoms with Gasteiger partial charge < -0.3 is 11.1 Å². The molecule has 0 saturated carbocycles. The summed E-state index contributed by atoms with van der Waals surface area (Å²) in [7, 11) is 0. The van der Waals surface area contributed by atoms with Crippen LogP contribution in [0.5, 0.6) is 0 Å². The van der Waals surface area contributed by atoms with Crippen LogP contribution in [0.2, 0.25) is 0 Å². The molecule has 0 aliphatic carbocycles. The van der Waals surface area contributed by atoms with Gasteiger partial charge in [0.2, 0.25) is 0 Å².